The Morgan fingerprint density at radius 3 is 2.73 bits per heavy atom. The predicted molar refractivity (Wildman–Crippen MR) is 138 cm³/mol. The molecule has 4 rings (SSSR count). The molecule has 0 saturated carbocycles. The summed E-state index contributed by atoms with van der Waals surface area (Å²) in [5.74, 6) is 0.255. The minimum atomic E-state index is -0.729. The van der Waals surface area contributed by atoms with Crippen molar-refractivity contribution in [2.75, 3.05) is 13.7 Å². The van der Waals surface area contributed by atoms with E-state index in [0.29, 0.717) is 31.2 Å². The van der Waals surface area contributed by atoms with Crippen LogP contribution < -0.4 is 19.6 Å². The van der Waals surface area contributed by atoms with Crippen molar-refractivity contribution >= 4 is 57.6 Å². The van der Waals surface area contributed by atoms with Crippen molar-refractivity contribution in [2.45, 2.75) is 19.9 Å². The van der Waals surface area contributed by atoms with Crippen LogP contribution in [0.1, 0.15) is 31.0 Å². The Kier molecular flexibility index (Phi) is 7.06. The molecule has 3 aromatic rings. The number of esters is 1. The molecule has 0 saturated heterocycles. The predicted octanol–water partition coefficient (Wildman–Crippen LogP) is 4.06. The summed E-state index contributed by atoms with van der Waals surface area (Å²) in [6, 6.07) is 12.2. The molecule has 1 aliphatic heterocycles. The van der Waals surface area contributed by atoms with E-state index >= 15 is 0 Å². The summed E-state index contributed by atoms with van der Waals surface area (Å²) in [6.45, 7) is 3.70. The first kappa shape index (κ1) is 23.7. The third kappa shape index (κ3) is 4.51. The van der Waals surface area contributed by atoms with Gasteiger partial charge in [0.25, 0.3) is 5.56 Å². The lowest BCUT2D eigenvalue weighted by molar-refractivity contribution is -0.139. The quantitative estimate of drug-likeness (QED) is 0.330. The molecule has 0 unspecified atom stereocenters. The highest BCUT2D eigenvalue weighted by Gasteiger charge is 2.34. The molecule has 1 atom stereocenters. The maximum absolute atomic E-state index is 13.6. The summed E-state index contributed by atoms with van der Waals surface area (Å²) >= 11 is 9.98. The zero-order chi connectivity index (χ0) is 23.7. The van der Waals surface area contributed by atoms with Gasteiger partial charge in [0.2, 0.25) is 0 Å². The summed E-state index contributed by atoms with van der Waals surface area (Å²) in [4.78, 5) is 31.6. The standard InChI is InChI=1S/C24H20ClIN2O4S/c1-4-32-23(30)20-13(2)27-24-28(21(20)15-7-5-6-8-16(15)25)22(29)19(33-24)12-14-9-10-18(31-3)17(26)11-14/h5-12,21H,4H2,1-3H3/b19-12-/t21-/m0/s1. The third-order valence-electron chi connectivity index (χ3n) is 5.19. The highest BCUT2D eigenvalue weighted by molar-refractivity contribution is 14.1. The van der Waals surface area contributed by atoms with E-state index in [1.54, 1.807) is 33.1 Å². The van der Waals surface area contributed by atoms with Crippen LogP contribution in [0.15, 0.2) is 63.5 Å². The van der Waals surface area contributed by atoms with E-state index in [0.717, 1.165) is 14.9 Å². The summed E-state index contributed by atoms with van der Waals surface area (Å²) in [6.07, 6.45) is 1.82. The number of carbonyl (C=O) groups is 1. The van der Waals surface area contributed by atoms with Gasteiger partial charge in [0, 0.05) is 5.02 Å². The van der Waals surface area contributed by atoms with E-state index in [4.69, 9.17) is 21.1 Å². The Morgan fingerprint density at radius 1 is 1.30 bits per heavy atom. The molecule has 0 fully saturated rings. The van der Waals surface area contributed by atoms with Gasteiger partial charge >= 0.3 is 5.97 Å². The number of halogens is 2. The number of allylic oxidation sites excluding steroid dienone is 1. The first-order valence-electron chi connectivity index (χ1n) is 10.1. The Bertz CT molecular complexity index is 1460. The number of carbonyl (C=O) groups excluding carboxylic acids is 1. The summed E-state index contributed by atoms with van der Waals surface area (Å²) in [5, 5.41) is 0.457. The second-order valence-electron chi connectivity index (χ2n) is 7.22. The summed E-state index contributed by atoms with van der Waals surface area (Å²) < 4.78 is 13.6. The number of hydrogen-bond acceptors (Lipinski definition) is 6. The first-order chi connectivity index (χ1) is 15.8. The average Bonchev–Trinajstić information content (AvgIpc) is 3.08. The van der Waals surface area contributed by atoms with Gasteiger partial charge in [-0.1, -0.05) is 47.2 Å². The lowest BCUT2D eigenvalue weighted by atomic mass is 9.96. The van der Waals surface area contributed by atoms with Gasteiger partial charge < -0.3 is 9.47 Å². The van der Waals surface area contributed by atoms with Gasteiger partial charge in [0.05, 0.1) is 33.1 Å². The molecule has 0 radical (unpaired) electrons. The van der Waals surface area contributed by atoms with Crippen LogP contribution in [0.25, 0.3) is 6.08 Å². The fraction of sp³-hybridized carbons (Fsp3) is 0.208. The second kappa shape index (κ2) is 9.82. The number of hydrogen-bond donors (Lipinski definition) is 0. The van der Waals surface area contributed by atoms with E-state index in [-0.39, 0.29) is 12.2 Å². The zero-order valence-electron chi connectivity index (χ0n) is 18.1. The molecule has 0 bridgehead atoms. The lowest BCUT2D eigenvalue weighted by Crippen LogP contribution is -2.40. The van der Waals surface area contributed by atoms with Crippen molar-refractivity contribution in [1.82, 2.24) is 4.57 Å². The molecular formula is C24H20ClIN2O4S. The van der Waals surface area contributed by atoms with Crippen LogP contribution in [0, 0.1) is 3.57 Å². The van der Waals surface area contributed by atoms with Gasteiger partial charge in [-0.2, -0.15) is 0 Å². The van der Waals surface area contributed by atoms with E-state index in [1.165, 1.54) is 15.9 Å². The highest BCUT2D eigenvalue weighted by Crippen LogP contribution is 2.34. The third-order valence-corrected chi connectivity index (χ3v) is 7.36. The van der Waals surface area contributed by atoms with Gasteiger partial charge in [-0.3, -0.25) is 9.36 Å². The monoisotopic (exact) mass is 594 g/mol. The number of benzene rings is 2. The van der Waals surface area contributed by atoms with Crippen LogP contribution in [0.5, 0.6) is 5.75 Å². The smallest absolute Gasteiger partial charge is 0.338 e. The van der Waals surface area contributed by atoms with Gasteiger partial charge in [-0.05, 0) is 71.8 Å². The van der Waals surface area contributed by atoms with Crippen LogP contribution in [0.4, 0.5) is 0 Å². The molecule has 0 N–H and O–H groups in total. The van der Waals surface area contributed by atoms with E-state index in [2.05, 4.69) is 27.6 Å². The number of fused-ring (bicyclic) bond motifs is 1. The van der Waals surface area contributed by atoms with Crippen LogP contribution >= 0.6 is 45.5 Å². The number of rotatable bonds is 5. The molecule has 2 heterocycles. The minimum absolute atomic E-state index is 0.214. The van der Waals surface area contributed by atoms with Crippen LogP contribution in [-0.2, 0) is 9.53 Å². The molecule has 33 heavy (non-hydrogen) atoms. The fourth-order valence-electron chi connectivity index (χ4n) is 3.71. The van der Waals surface area contributed by atoms with Gasteiger partial charge in [0.15, 0.2) is 4.80 Å². The number of thiazole rings is 1. The average molecular weight is 595 g/mol. The Balaban J connectivity index is 1.95. The topological polar surface area (TPSA) is 69.9 Å². The Labute approximate surface area is 213 Å². The van der Waals surface area contributed by atoms with Gasteiger partial charge in [-0.15, -0.1) is 0 Å². The van der Waals surface area contributed by atoms with Crippen molar-refractivity contribution in [3.8, 4) is 5.75 Å². The van der Waals surface area contributed by atoms with E-state index < -0.39 is 12.0 Å². The van der Waals surface area contributed by atoms with Gasteiger partial charge in [-0.25, -0.2) is 9.79 Å². The van der Waals surface area contributed by atoms with Crippen molar-refractivity contribution in [2.24, 2.45) is 4.99 Å². The van der Waals surface area contributed by atoms with Crippen LogP contribution in [-0.4, -0.2) is 24.3 Å². The van der Waals surface area contributed by atoms with Crippen molar-refractivity contribution < 1.29 is 14.3 Å². The maximum atomic E-state index is 13.6. The second-order valence-corrected chi connectivity index (χ2v) is 9.80. The molecule has 9 heteroatoms. The molecule has 1 aromatic heterocycles. The maximum Gasteiger partial charge on any atom is 0.338 e. The summed E-state index contributed by atoms with van der Waals surface area (Å²) in [7, 11) is 1.62. The minimum Gasteiger partial charge on any atom is -0.496 e. The summed E-state index contributed by atoms with van der Waals surface area (Å²) in [5.41, 5.74) is 2.07. The molecular weight excluding hydrogens is 575 g/mol. The molecule has 6 nitrogen and oxygen atoms in total. The lowest BCUT2D eigenvalue weighted by Gasteiger charge is -2.25. The SMILES string of the molecule is CCOC(=O)C1=C(C)N=c2s/c(=C\c3ccc(OC)c(I)c3)c(=O)n2[C@H]1c1ccccc1Cl. The van der Waals surface area contributed by atoms with Crippen molar-refractivity contribution in [3.63, 3.8) is 0 Å². The number of ether oxygens (including phenoxy) is 2. The normalized spacial score (nSPS) is 15.8. The van der Waals surface area contributed by atoms with Crippen LogP contribution in [0.2, 0.25) is 5.02 Å². The molecule has 1 aliphatic rings. The Hall–Kier alpha value is -2.43. The Morgan fingerprint density at radius 2 is 2.06 bits per heavy atom. The molecule has 0 aliphatic carbocycles. The zero-order valence-corrected chi connectivity index (χ0v) is 21.8. The van der Waals surface area contributed by atoms with Crippen molar-refractivity contribution in [3.05, 3.63) is 93.1 Å². The van der Waals surface area contributed by atoms with Crippen molar-refractivity contribution in [1.29, 1.82) is 0 Å². The molecule has 0 spiro atoms. The van der Waals surface area contributed by atoms with E-state index in [9.17, 15) is 9.59 Å². The fourth-order valence-corrected chi connectivity index (χ4v) is 5.75. The van der Waals surface area contributed by atoms with Crippen LogP contribution in [0.3, 0.4) is 0 Å². The number of nitrogens with zero attached hydrogens (tertiary/aromatic N) is 2. The number of aromatic nitrogens is 1. The molecule has 170 valence electrons. The number of methoxy groups -OCH3 is 1. The molecule has 0 amide bonds. The molecule has 2 aromatic carbocycles. The largest absolute Gasteiger partial charge is 0.496 e. The van der Waals surface area contributed by atoms with Gasteiger partial charge in [0.1, 0.15) is 11.8 Å². The first-order valence-corrected chi connectivity index (χ1v) is 12.4. The highest BCUT2D eigenvalue weighted by atomic mass is 127. The van der Waals surface area contributed by atoms with E-state index in [1.807, 2.05) is 36.4 Å².